The van der Waals surface area contributed by atoms with Crippen molar-refractivity contribution in [1.29, 1.82) is 0 Å². The molecule has 2 saturated heterocycles. The lowest BCUT2D eigenvalue weighted by Crippen LogP contribution is -2.26. The van der Waals surface area contributed by atoms with Gasteiger partial charge in [0.1, 0.15) is 5.76 Å². The highest BCUT2D eigenvalue weighted by atomic mass is 79.9. The number of hydrogen-bond donors (Lipinski definition) is 0. The first kappa shape index (κ1) is 12.7. The average Bonchev–Trinajstić information content (AvgIpc) is 3.01. The minimum absolute atomic E-state index is 0.831. The normalized spacial score (nSPS) is 26.8. The molecule has 0 aromatic carbocycles. The van der Waals surface area contributed by atoms with Crippen LogP contribution in [-0.2, 0) is 11.3 Å². The largest absolute Gasteiger partial charge is 0.453 e. The van der Waals surface area contributed by atoms with E-state index in [2.05, 4.69) is 26.9 Å². The standard InChI is InChI=1S/C14H20BrNO2/c15-14-2-1-13(18-14)10-16-6-3-12(9-16)11-4-7-17-8-5-11/h1-2,11-12H,3-10H2/t12-/m0/s1. The molecule has 2 fully saturated rings. The Morgan fingerprint density at radius 1 is 1.17 bits per heavy atom. The third-order valence-corrected chi connectivity index (χ3v) is 4.68. The minimum atomic E-state index is 0.831. The van der Waals surface area contributed by atoms with Crippen molar-refractivity contribution in [3.63, 3.8) is 0 Å². The summed E-state index contributed by atoms with van der Waals surface area (Å²) in [5.74, 6) is 2.81. The molecular weight excluding hydrogens is 294 g/mol. The Kier molecular flexibility index (Phi) is 4.07. The quantitative estimate of drug-likeness (QED) is 0.856. The fourth-order valence-electron chi connectivity index (χ4n) is 3.24. The summed E-state index contributed by atoms with van der Waals surface area (Å²) in [6.45, 7) is 5.31. The number of halogens is 1. The summed E-state index contributed by atoms with van der Waals surface area (Å²) in [5.41, 5.74) is 0. The lowest BCUT2D eigenvalue weighted by atomic mass is 9.85. The second-order valence-electron chi connectivity index (χ2n) is 5.44. The monoisotopic (exact) mass is 313 g/mol. The van der Waals surface area contributed by atoms with Gasteiger partial charge in [-0.2, -0.15) is 0 Å². The number of furan rings is 1. The summed E-state index contributed by atoms with van der Waals surface area (Å²) in [4.78, 5) is 2.52. The second-order valence-corrected chi connectivity index (χ2v) is 6.22. The van der Waals surface area contributed by atoms with Gasteiger partial charge in [0.2, 0.25) is 0 Å². The van der Waals surface area contributed by atoms with Gasteiger partial charge in [0.25, 0.3) is 0 Å². The molecule has 18 heavy (non-hydrogen) atoms. The van der Waals surface area contributed by atoms with Crippen LogP contribution in [0.25, 0.3) is 0 Å². The molecule has 3 nitrogen and oxygen atoms in total. The van der Waals surface area contributed by atoms with Crippen LogP contribution < -0.4 is 0 Å². The van der Waals surface area contributed by atoms with E-state index in [0.717, 1.165) is 42.0 Å². The zero-order valence-corrected chi connectivity index (χ0v) is 12.2. The van der Waals surface area contributed by atoms with Gasteiger partial charge in [-0.3, -0.25) is 4.90 Å². The molecule has 0 radical (unpaired) electrons. The Bertz CT molecular complexity index is 387. The Balaban J connectivity index is 1.51. The first-order valence-electron chi connectivity index (χ1n) is 6.85. The minimum Gasteiger partial charge on any atom is -0.453 e. The molecule has 3 heterocycles. The Labute approximate surface area is 117 Å². The predicted molar refractivity (Wildman–Crippen MR) is 73.3 cm³/mol. The summed E-state index contributed by atoms with van der Waals surface area (Å²) in [7, 11) is 0. The molecule has 1 aromatic heterocycles. The van der Waals surface area contributed by atoms with Crippen LogP contribution in [0, 0.1) is 11.8 Å². The molecule has 4 heteroatoms. The molecule has 1 atom stereocenters. The maximum atomic E-state index is 5.58. The van der Waals surface area contributed by atoms with Gasteiger partial charge in [-0.05, 0) is 65.7 Å². The van der Waals surface area contributed by atoms with E-state index in [-0.39, 0.29) is 0 Å². The number of ether oxygens (including phenoxy) is 1. The van der Waals surface area contributed by atoms with Crippen molar-refractivity contribution in [2.75, 3.05) is 26.3 Å². The maximum absolute atomic E-state index is 5.58. The molecule has 100 valence electrons. The topological polar surface area (TPSA) is 25.6 Å². The molecule has 1 aromatic rings. The van der Waals surface area contributed by atoms with E-state index in [9.17, 15) is 0 Å². The van der Waals surface area contributed by atoms with E-state index in [4.69, 9.17) is 9.15 Å². The molecule has 0 amide bonds. The number of nitrogens with zero attached hydrogens (tertiary/aromatic N) is 1. The Hall–Kier alpha value is -0.320. The number of rotatable bonds is 3. The zero-order chi connectivity index (χ0) is 12.4. The molecule has 0 aliphatic carbocycles. The van der Waals surface area contributed by atoms with Crippen molar-refractivity contribution in [3.8, 4) is 0 Å². The molecule has 0 bridgehead atoms. The van der Waals surface area contributed by atoms with E-state index in [1.165, 1.54) is 32.4 Å². The van der Waals surface area contributed by atoms with Gasteiger partial charge in [-0.25, -0.2) is 0 Å². The highest BCUT2D eigenvalue weighted by molar-refractivity contribution is 9.10. The fourth-order valence-corrected chi connectivity index (χ4v) is 3.58. The number of likely N-dealkylation sites (tertiary alicyclic amines) is 1. The summed E-state index contributed by atoms with van der Waals surface area (Å²) >= 11 is 3.36. The molecule has 0 saturated carbocycles. The van der Waals surface area contributed by atoms with Crippen LogP contribution in [0.3, 0.4) is 0 Å². The third-order valence-electron chi connectivity index (χ3n) is 4.25. The SMILES string of the molecule is Brc1ccc(CN2CC[C@H](C3CCOCC3)C2)o1. The highest BCUT2D eigenvalue weighted by Gasteiger charge is 2.30. The summed E-state index contributed by atoms with van der Waals surface area (Å²) in [6, 6.07) is 4.03. The fraction of sp³-hybridized carbons (Fsp3) is 0.714. The zero-order valence-electron chi connectivity index (χ0n) is 10.6. The van der Waals surface area contributed by atoms with Crippen molar-refractivity contribution >= 4 is 15.9 Å². The molecular formula is C14H20BrNO2. The van der Waals surface area contributed by atoms with E-state index in [1.54, 1.807) is 0 Å². The highest BCUT2D eigenvalue weighted by Crippen LogP contribution is 2.31. The second kappa shape index (κ2) is 5.76. The van der Waals surface area contributed by atoms with Crippen LogP contribution >= 0.6 is 15.9 Å². The van der Waals surface area contributed by atoms with E-state index in [0.29, 0.717) is 0 Å². The predicted octanol–water partition coefficient (Wildman–Crippen LogP) is 3.29. The Morgan fingerprint density at radius 2 is 2.00 bits per heavy atom. The van der Waals surface area contributed by atoms with Gasteiger partial charge in [-0.1, -0.05) is 0 Å². The lowest BCUT2D eigenvalue weighted by Gasteiger charge is -2.27. The van der Waals surface area contributed by atoms with Crippen LogP contribution in [0.2, 0.25) is 0 Å². The van der Waals surface area contributed by atoms with E-state index in [1.807, 2.05) is 6.07 Å². The van der Waals surface area contributed by atoms with Gasteiger partial charge < -0.3 is 9.15 Å². The van der Waals surface area contributed by atoms with Gasteiger partial charge in [0.15, 0.2) is 4.67 Å². The smallest absolute Gasteiger partial charge is 0.169 e. The molecule has 0 spiro atoms. The lowest BCUT2D eigenvalue weighted by molar-refractivity contribution is 0.0476. The van der Waals surface area contributed by atoms with Gasteiger partial charge in [0, 0.05) is 19.8 Å². The van der Waals surface area contributed by atoms with Crippen molar-refractivity contribution in [3.05, 3.63) is 22.6 Å². The van der Waals surface area contributed by atoms with Crippen LogP contribution in [-0.4, -0.2) is 31.2 Å². The van der Waals surface area contributed by atoms with E-state index >= 15 is 0 Å². The van der Waals surface area contributed by atoms with Crippen LogP contribution in [0.4, 0.5) is 0 Å². The van der Waals surface area contributed by atoms with E-state index < -0.39 is 0 Å². The summed E-state index contributed by atoms with van der Waals surface area (Å²) in [6.07, 6.45) is 3.85. The first-order chi connectivity index (χ1) is 8.81. The Morgan fingerprint density at radius 3 is 2.72 bits per heavy atom. The first-order valence-corrected chi connectivity index (χ1v) is 7.65. The van der Waals surface area contributed by atoms with Gasteiger partial charge in [0.05, 0.1) is 6.54 Å². The van der Waals surface area contributed by atoms with Crippen molar-refractivity contribution in [1.82, 2.24) is 4.90 Å². The van der Waals surface area contributed by atoms with Crippen LogP contribution in [0.15, 0.2) is 21.2 Å². The number of hydrogen-bond acceptors (Lipinski definition) is 3. The van der Waals surface area contributed by atoms with Crippen molar-refractivity contribution in [2.45, 2.75) is 25.8 Å². The molecule has 0 N–H and O–H groups in total. The average molecular weight is 314 g/mol. The molecule has 2 aliphatic heterocycles. The van der Waals surface area contributed by atoms with Crippen LogP contribution in [0.5, 0.6) is 0 Å². The molecule has 2 aliphatic rings. The van der Waals surface area contributed by atoms with Gasteiger partial charge in [-0.15, -0.1) is 0 Å². The third kappa shape index (κ3) is 2.98. The summed E-state index contributed by atoms with van der Waals surface area (Å²) < 4.78 is 11.9. The van der Waals surface area contributed by atoms with Gasteiger partial charge >= 0.3 is 0 Å². The van der Waals surface area contributed by atoms with Crippen molar-refractivity contribution in [2.24, 2.45) is 11.8 Å². The van der Waals surface area contributed by atoms with Crippen molar-refractivity contribution < 1.29 is 9.15 Å². The maximum Gasteiger partial charge on any atom is 0.169 e. The molecule has 3 rings (SSSR count). The van der Waals surface area contributed by atoms with Crippen LogP contribution in [0.1, 0.15) is 25.0 Å². The summed E-state index contributed by atoms with van der Waals surface area (Å²) in [5, 5.41) is 0. The molecule has 0 unspecified atom stereocenters.